The maximum Gasteiger partial charge on any atom is 0.138 e. The Kier molecular flexibility index (Phi) is 8.96. The standard InChI is InChI=1S/C5H12O3.HOP/c1-5(2,3-6)4-8-7;1-2/h6-7H,3-4H2,1-2H3;2H. The second kappa shape index (κ2) is 7.09. The second-order valence-electron chi connectivity index (χ2n) is 2.60. The SMILES string of the molecule is CC(C)(CO)COO.O=P. The van der Waals surface area contributed by atoms with Crippen molar-refractivity contribution < 1.29 is 19.8 Å². The molecule has 0 unspecified atom stereocenters. The van der Waals surface area contributed by atoms with E-state index in [1.54, 1.807) is 23.0 Å². The predicted molar refractivity (Wildman–Crippen MR) is 38.4 cm³/mol. The maximum atomic E-state index is 8.53. The molecule has 0 bridgehead atoms. The van der Waals surface area contributed by atoms with E-state index < -0.39 is 0 Å². The summed E-state index contributed by atoms with van der Waals surface area (Å²) >= 11 is 0. The quantitative estimate of drug-likeness (QED) is 0.374. The summed E-state index contributed by atoms with van der Waals surface area (Å²) in [6.07, 6.45) is 0. The summed E-state index contributed by atoms with van der Waals surface area (Å²) in [5, 5.41) is 16.5. The highest BCUT2D eigenvalue weighted by molar-refractivity contribution is 7.00. The Morgan fingerprint density at radius 3 is 2.00 bits per heavy atom. The molecule has 0 radical (unpaired) electrons. The predicted octanol–water partition coefficient (Wildman–Crippen LogP) is 0.969. The topological polar surface area (TPSA) is 66.8 Å². The summed E-state index contributed by atoms with van der Waals surface area (Å²) < 4.78 is 8.06. The third-order valence-corrected chi connectivity index (χ3v) is 0.883. The Morgan fingerprint density at radius 2 is 1.90 bits per heavy atom. The molecule has 0 aromatic rings. The highest BCUT2D eigenvalue weighted by atomic mass is 31.0. The molecule has 0 aliphatic rings. The van der Waals surface area contributed by atoms with Crippen molar-refractivity contribution in [2.45, 2.75) is 13.8 Å². The summed E-state index contributed by atoms with van der Waals surface area (Å²) in [6.45, 7) is 3.78. The zero-order chi connectivity index (χ0) is 8.62. The maximum absolute atomic E-state index is 8.53. The lowest BCUT2D eigenvalue weighted by Crippen LogP contribution is -2.22. The van der Waals surface area contributed by atoms with Gasteiger partial charge in [0.05, 0.1) is 13.2 Å². The minimum absolute atomic E-state index is 0.0214. The van der Waals surface area contributed by atoms with Crippen LogP contribution in [0.5, 0.6) is 0 Å². The van der Waals surface area contributed by atoms with Crippen LogP contribution in [0.3, 0.4) is 0 Å². The van der Waals surface area contributed by atoms with Crippen LogP contribution in [0.15, 0.2) is 0 Å². The Balaban J connectivity index is 0. The highest BCUT2D eigenvalue weighted by Gasteiger charge is 2.15. The smallest absolute Gasteiger partial charge is 0.138 e. The molecule has 0 spiro atoms. The summed E-state index contributed by atoms with van der Waals surface area (Å²) in [4.78, 5) is 3.84. The molecule has 2 N–H and O–H groups in total. The largest absolute Gasteiger partial charge is 0.396 e. The van der Waals surface area contributed by atoms with Crippen LogP contribution in [0.25, 0.3) is 0 Å². The Bertz CT molecular complexity index is 76.0. The number of hydrogen-bond acceptors (Lipinski definition) is 4. The molecule has 5 heteroatoms. The van der Waals surface area contributed by atoms with Crippen molar-refractivity contribution in [2.24, 2.45) is 5.41 Å². The van der Waals surface area contributed by atoms with Gasteiger partial charge in [-0.05, 0) is 0 Å². The van der Waals surface area contributed by atoms with E-state index in [1.165, 1.54) is 0 Å². The van der Waals surface area contributed by atoms with Crippen LogP contribution < -0.4 is 0 Å². The summed E-state index contributed by atoms with van der Waals surface area (Å²) in [5.74, 6) is 0. The number of rotatable bonds is 3. The first-order valence-corrected chi connectivity index (χ1v) is 3.11. The normalized spacial score (nSPS) is 10.0. The van der Waals surface area contributed by atoms with E-state index in [0.717, 1.165) is 0 Å². The fourth-order valence-corrected chi connectivity index (χ4v) is 0.220. The second-order valence-corrected chi connectivity index (χ2v) is 2.60. The first-order chi connectivity index (χ1) is 4.62. The first-order valence-electron chi connectivity index (χ1n) is 2.70. The molecule has 0 amide bonds. The lowest BCUT2D eigenvalue weighted by molar-refractivity contribution is -0.262. The van der Waals surface area contributed by atoms with Gasteiger partial charge in [0, 0.05) is 5.41 Å². The van der Waals surface area contributed by atoms with Crippen molar-refractivity contribution in [1.82, 2.24) is 0 Å². The van der Waals surface area contributed by atoms with Crippen LogP contribution in [0.1, 0.15) is 13.8 Å². The van der Waals surface area contributed by atoms with Crippen LogP contribution in [0.4, 0.5) is 0 Å². The van der Waals surface area contributed by atoms with Crippen LogP contribution >= 0.6 is 9.12 Å². The molecule has 0 aliphatic carbocycles. The van der Waals surface area contributed by atoms with Gasteiger partial charge in [-0.25, -0.2) is 4.89 Å². The van der Waals surface area contributed by atoms with Crippen molar-refractivity contribution in [1.29, 1.82) is 0 Å². The van der Waals surface area contributed by atoms with Crippen LogP contribution in [0.2, 0.25) is 0 Å². The van der Waals surface area contributed by atoms with Gasteiger partial charge in [-0.15, -0.1) is 0 Å². The van der Waals surface area contributed by atoms with Gasteiger partial charge in [0.2, 0.25) is 0 Å². The molecule has 0 heterocycles. The van der Waals surface area contributed by atoms with E-state index in [4.69, 9.17) is 14.9 Å². The van der Waals surface area contributed by atoms with Crippen molar-refractivity contribution >= 4 is 9.12 Å². The molecule has 10 heavy (non-hydrogen) atoms. The average Bonchev–Trinajstić information content (AvgIpc) is 1.93. The van der Waals surface area contributed by atoms with Crippen LogP contribution in [-0.4, -0.2) is 23.6 Å². The zero-order valence-electron chi connectivity index (χ0n) is 6.13. The Hall–Kier alpha value is -0.0200. The molecule has 0 aliphatic heterocycles. The zero-order valence-corrected chi connectivity index (χ0v) is 7.13. The van der Waals surface area contributed by atoms with Crippen LogP contribution in [0, 0.1) is 5.41 Å². The molecule has 0 saturated heterocycles. The van der Waals surface area contributed by atoms with E-state index in [-0.39, 0.29) is 18.6 Å². The van der Waals surface area contributed by atoms with E-state index in [0.29, 0.717) is 0 Å². The summed E-state index contributed by atoms with van der Waals surface area (Å²) in [7, 11) is 1.72. The minimum Gasteiger partial charge on any atom is -0.396 e. The third kappa shape index (κ3) is 7.98. The molecule has 0 atom stereocenters. The van der Waals surface area contributed by atoms with Gasteiger partial charge in [-0.1, -0.05) is 13.8 Å². The lowest BCUT2D eigenvalue weighted by atomic mass is 9.97. The fourth-order valence-electron chi connectivity index (χ4n) is 0.220. The van der Waals surface area contributed by atoms with E-state index in [1.807, 2.05) is 0 Å². The van der Waals surface area contributed by atoms with Crippen molar-refractivity contribution in [3.8, 4) is 0 Å². The summed E-state index contributed by atoms with van der Waals surface area (Å²) in [5.41, 5.74) is -0.325. The monoisotopic (exact) mass is 168 g/mol. The fraction of sp³-hybridized carbons (Fsp3) is 1.00. The third-order valence-electron chi connectivity index (χ3n) is 0.883. The Labute approximate surface area is 62.4 Å². The van der Waals surface area contributed by atoms with E-state index >= 15 is 0 Å². The van der Waals surface area contributed by atoms with Gasteiger partial charge in [0.15, 0.2) is 0 Å². The van der Waals surface area contributed by atoms with Gasteiger partial charge < -0.3 is 5.11 Å². The number of aliphatic hydroxyl groups is 1. The Morgan fingerprint density at radius 1 is 1.50 bits per heavy atom. The number of hydrogen-bond donors (Lipinski definition) is 2. The molecule has 4 nitrogen and oxygen atoms in total. The minimum atomic E-state index is -0.325. The first kappa shape index (κ1) is 12.6. The van der Waals surface area contributed by atoms with Crippen molar-refractivity contribution in [3.05, 3.63) is 0 Å². The van der Waals surface area contributed by atoms with Gasteiger partial charge >= 0.3 is 0 Å². The van der Waals surface area contributed by atoms with Gasteiger partial charge in [-0.3, -0.25) is 9.82 Å². The van der Waals surface area contributed by atoms with Crippen molar-refractivity contribution in [2.75, 3.05) is 13.2 Å². The molecule has 62 valence electrons. The summed E-state index contributed by atoms with van der Waals surface area (Å²) in [6, 6.07) is 0. The number of aliphatic hydroxyl groups excluding tert-OH is 1. The molecular weight excluding hydrogens is 155 g/mol. The van der Waals surface area contributed by atoms with E-state index in [2.05, 4.69) is 4.89 Å². The van der Waals surface area contributed by atoms with Gasteiger partial charge in [-0.2, -0.15) is 0 Å². The van der Waals surface area contributed by atoms with E-state index in [9.17, 15) is 0 Å². The molecule has 0 aromatic carbocycles. The van der Waals surface area contributed by atoms with Gasteiger partial charge in [0.25, 0.3) is 0 Å². The molecule has 0 aromatic heterocycles. The highest BCUT2D eigenvalue weighted by Crippen LogP contribution is 2.12. The molecule has 0 rings (SSSR count). The molecular formula is C5H13O4P. The van der Waals surface area contributed by atoms with Crippen molar-refractivity contribution in [3.63, 3.8) is 0 Å². The lowest BCUT2D eigenvalue weighted by Gasteiger charge is -2.17. The van der Waals surface area contributed by atoms with Crippen LogP contribution in [-0.2, 0) is 9.45 Å². The van der Waals surface area contributed by atoms with Gasteiger partial charge in [0.1, 0.15) is 9.12 Å². The molecule has 0 fully saturated rings. The average molecular weight is 168 g/mol. The molecule has 0 saturated carbocycles.